The van der Waals surface area contributed by atoms with Gasteiger partial charge in [-0.15, -0.1) is 0 Å². The van der Waals surface area contributed by atoms with Crippen molar-refractivity contribution in [3.8, 4) is 0 Å². The van der Waals surface area contributed by atoms with Crippen LogP contribution in [0, 0.1) is 5.92 Å². The predicted molar refractivity (Wildman–Crippen MR) is 95.2 cm³/mol. The van der Waals surface area contributed by atoms with E-state index in [2.05, 4.69) is 15.6 Å². The number of aromatic nitrogens is 1. The van der Waals surface area contributed by atoms with Crippen LogP contribution in [0.5, 0.6) is 0 Å². The molecule has 0 spiro atoms. The number of rotatable bonds is 6. The van der Waals surface area contributed by atoms with Crippen molar-refractivity contribution in [3.63, 3.8) is 0 Å². The van der Waals surface area contributed by atoms with Crippen LogP contribution in [-0.4, -0.2) is 23.3 Å². The van der Waals surface area contributed by atoms with Crippen LogP contribution >= 0.6 is 0 Å². The number of carbonyl (C=O) groups excluding carboxylic acids is 2. The number of carbonyl (C=O) groups is 2. The van der Waals surface area contributed by atoms with Gasteiger partial charge in [-0.25, -0.2) is 0 Å². The van der Waals surface area contributed by atoms with Crippen molar-refractivity contribution >= 4 is 17.5 Å². The molecule has 2 rings (SSSR count). The Morgan fingerprint density at radius 2 is 1.88 bits per heavy atom. The van der Waals surface area contributed by atoms with Gasteiger partial charge in [0.1, 0.15) is 5.69 Å². The number of anilines is 1. The summed E-state index contributed by atoms with van der Waals surface area (Å²) in [7, 11) is 0. The summed E-state index contributed by atoms with van der Waals surface area (Å²) in [5.74, 6) is -0.172. The molecule has 5 nitrogen and oxygen atoms in total. The number of aryl methyl sites for hydroxylation is 1. The molecule has 5 heteroatoms. The lowest BCUT2D eigenvalue weighted by atomic mass is 10.1. The second kappa shape index (κ2) is 8.24. The third-order valence-electron chi connectivity index (χ3n) is 3.57. The maximum absolute atomic E-state index is 12.5. The zero-order valence-electron chi connectivity index (χ0n) is 14.3. The Morgan fingerprint density at radius 1 is 1.12 bits per heavy atom. The van der Waals surface area contributed by atoms with Crippen LogP contribution in [0.4, 0.5) is 5.69 Å². The van der Waals surface area contributed by atoms with E-state index < -0.39 is 0 Å². The number of benzene rings is 1. The van der Waals surface area contributed by atoms with E-state index in [1.165, 1.54) is 12.3 Å². The molecule has 0 saturated heterocycles. The van der Waals surface area contributed by atoms with E-state index in [-0.39, 0.29) is 17.5 Å². The smallest absolute Gasteiger partial charge is 0.269 e. The summed E-state index contributed by atoms with van der Waals surface area (Å²) < 4.78 is 0. The van der Waals surface area contributed by atoms with Crippen molar-refractivity contribution in [2.75, 3.05) is 11.9 Å². The number of hydrogen-bond donors (Lipinski definition) is 2. The first-order chi connectivity index (χ1) is 11.5. The van der Waals surface area contributed by atoms with Crippen LogP contribution in [0.3, 0.4) is 0 Å². The van der Waals surface area contributed by atoms with Crippen LogP contribution in [0.1, 0.15) is 47.2 Å². The van der Waals surface area contributed by atoms with E-state index in [1.807, 2.05) is 45.0 Å². The van der Waals surface area contributed by atoms with Crippen molar-refractivity contribution in [1.29, 1.82) is 0 Å². The van der Waals surface area contributed by atoms with Gasteiger partial charge in [-0.3, -0.25) is 14.6 Å². The van der Waals surface area contributed by atoms with Crippen molar-refractivity contribution in [3.05, 3.63) is 59.4 Å². The summed E-state index contributed by atoms with van der Waals surface area (Å²) in [6, 6.07) is 10.8. The molecular weight excluding hydrogens is 302 g/mol. The summed E-state index contributed by atoms with van der Waals surface area (Å²) in [6.07, 6.45) is 2.31. The van der Waals surface area contributed by atoms with Gasteiger partial charge < -0.3 is 10.6 Å². The fraction of sp³-hybridized carbons (Fsp3) is 0.316. The molecule has 0 unspecified atom stereocenters. The fourth-order valence-electron chi connectivity index (χ4n) is 2.23. The SMILES string of the molecule is CCc1ccccc1NC(=O)c1ccnc(C(=O)NCC(C)C)c1. The zero-order valence-corrected chi connectivity index (χ0v) is 14.3. The van der Waals surface area contributed by atoms with Gasteiger partial charge in [0, 0.05) is 24.0 Å². The minimum atomic E-state index is -0.271. The first kappa shape index (κ1) is 17.7. The largest absolute Gasteiger partial charge is 0.350 e. The third kappa shape index (κ3) is 4.65. The summed E-state index contributed by atoms with van der Waals surface area (Å²) >= 11 is 0. The molecular formula is C19H23N3O2. The Balaban J connectivity index is 2.13. The average Bonchev–Trinajstić information content (AvgIpc) is 2.60. The van der Waals surface area contributed by atoms with Crippen molar-refractivity contribution in [1.82, 2.24) is 10.3 Å². The van der Waals surface area contributed by atoms with E-state index in [0.29, 0.717) is 18.0 Å². The molecule has 0 radical (unpaired) electrons. The van der Waals surface area contributed by atoms with Crippen molar-refractivity contribution in [2.45, 2.75) is 27.2 Å². The van der Waals surface area contributed by atoms with Gasteiger partial charge in [0.05, 0.1) is 0 Å². The van der Waals surface area contributed by atoms with Crippen LogP contribution in [-0.2, 0) is 6.42 Å². The lowest BCUT2D eigenvalue weighted by molar-refractivity contribution is 0.0944. The van der Waals surface area contributed by atoms with Crippen LogP contribution < -0.4 is 10.6 Å². The molecule has 0 atom stereocenters. The first-order valence-corrected chi connectivity index (χ1v) is 8.14. The molecule has 0 bridgehead atoms. The standard InChI is InChI=1S/C19H23N3O2/c1-4-14-7-5-6-8-16(14)22-18(23)15-9-10-20-17(11-15)19(24)21-12-13(2)3/h5-11,13H,4,12H2,1-3H3,(H,21,24)(H,22,23). The number of amides is 2. The number of para-hydroxylation sites is 1. The van der Waals surface area contributed by atoms with Crippen LogP contribution in [0.2, 0.25) is 0 Å². The minimum Gasteiger partial charge on any atom is -0.350 e. The number of nitrogens with zero attached hydrogens (tertiary/aromatic N) is 1. The molecule has 2 amide bonds. The van der Waals surface area contributed by atoms with Gasteiger partial charge in [-0.05, 0) is 36.1 Å². The Morgan fingerprint density at radius 3 is 2.58 bits per heavy atom. The molecule has 0 aliphatic rings. The second-order valence-corrected chi connectivity index (χ2v) is 6.00. The highest BCUT2D eigenvalue weighted by Crippen LogP contribution is 2.16. The highest BCUT2D eigenvalue weighted by Gasteiger charge is 2.13. The van der Waals surface area contributed by atoms with Gasteiger partial charge in [0.25, 0.3) is 11.8 Å². The second-order valence-electron chi connectivity index (χ2n) is 6.00. The Labute approximate surface area is 142 Å². The molecule has 0 aliphatic heterocycles. The molecule has 1 heterocycles. The van der Waals surface area contributed by atoms with Gasteiger partial charge in [0.15, 0.2) is 0 Å². The van der Waals surface area contributed by atoms with E-state index in [4.69, 9.17) is 0 Å². The lowest BCUT2D eigenvalue weighted by Gasteiger charge is -2.10. The maximum atomic E-state index is 12.5. The topological polar surface area (TPSA) is 71.1 Å². The van der Waals surface area contributed by atoms with Crippen molar-refractivity contribution < 1.29 is 9.59 Å². The Bertz CT molecular complexity index is 726. The lowest BCUT2D eigenvalue weighted by Crippen LogP contribution is -2.28. The van der Waals surface area contributed by atoms with Crippen LogP contribution in [0.25, 0.3) is 0 Å². The fourth-order valence-corrected chi connectivity index (χ4v) is 2.23. The predicted octanol–water partition coefficient (Wildman–Crippen LogP) is 3.28. The van der Waals surface area contributed by atoms with Gasteiger partial charge in [-0.1, -0.05) is 39.0 Å². The number of pyridine rings is 1. The minimum absolute atomic E-state index is 0.243. The molecule has 1 aromatic heterocycles. The normalized spacial score (nSPS) is 10.5. The number of hydrogen-bond acceptors (Lipinski definition) is 3. The first-order valence-electron chi connectivity index (χ1n) is 8.14. The van der Waals surface area contributed by atoms with E-state index >= 15 is 0 Å². The van der Waals surface area contributed by atoms with Gasteiger partial charge in [0.2, 0.25) is 0 Å². The Kier molecular flexibility index (Phi) is 6.07. The summed E-state index contributed by atoms with van der Waals surface area (Å²) in [5, 5.41) is 5.70. The Hall–Kier alpha value is -2.69. The van der Waals surface area contributed by atoms with Gasteiger partial charge in [-0.2, -0.15) is 0 Å². The molecule has 0 fully saturated rings. The molecule has 0 aliphatic carbocycles. The third-order valence-corrected chi connectivity index (χ3v) is 3.57. The summed E-state index contributed by atoms with van der Waals surface area (Å²) in [4.78, 5) is 28.6. The summed E-state index contributed by atoms with van der Waals surface area (Å²) in [6.45, 7) is 6.64. The van der Waals surface area contributed by atoms with Gasteiger partial charge >= 0.3 is 0 Å². The average molecular weight is 325 g/mol. The zero-order chi connectivity index (χ0) is 17.5. The molecule has 126 valence electrons. The maximum Gasteiger partial charge on any atom is 0.269 e. The highest BCUT2D eigenvalue weighted by atomic mass is 16.2. The number of nitrogens with one attached hydrogen (secondary N) is 2. The highest BCUT2D eigenvalue weighted by molar-refractivity contribution is 6.06. The molecule has 2 N–H and O–H groups in total. The van der Waals surface area contributed by atoms with Crippen molar-refractivity contribution in [2.24, 2.45) is 5.92 Å². The molecule has 2 aromatic rings. The van der Waals surface area contributed by atoms with E-state index in [1.54, 1.807) is 6.07 Å². The molecule has 24 heavy (non-hydrogen) atoms. The van der Waals surface area contributed by atoms with E-state index in [9.17, 15) is 9.59 Å². The van der Waals surface area contributed by atoms with Crippen LogP contribution in [0.15, 0.2) is 42.6 Å². The molecule has 0 saturated carbocycles. The molecule has 1 aromatic carbocycles. The monoisotopic (exact) mass is 325 g/mol. The quantitative estimate of drug-likeness (QED) is 0.856. The summed E-state index contributed by atoms with van der Waals surface area (Å²) in [5.41, 5.74) is 2.50. The van der Waals surface area contributed by atoms with E-state index in [0.717, 1.165) is 17.7 Å².